The molecule has 8 heteroatoms. The van der Waals surface area contributed by atoms with Crippen LogP contribution >= 0.6 is 0 Å². The van der Waals surface area contributed by atoms with E-state index in [9.17, 15) is 14.7 Å². The van der Waals surface area contributed by atoms with Crippen molar-refractivity contribution in [3.63, 3.8) is 0 Å². The Bertz CT molecular complexity index is 534. The zero-order valence-electron chi connectivity index (χ0n) is 13.6. The average molecular weight is 339 g/mol. The van der Waals surface area contributed by atoms with Gasteiger partial charge in [0.25, 0.3) is 0 Å². The van der Waals surface area contributed by atoms with E-state index >= 15 is 0 Å². The van der Waals surface area contributed by atoms with Crippen LogP contribution in [0.15, 0.2) is 12.3 Å². The van der Waals surface area contributed by atoms with Gasteiger partial charge in [-0.3, -0.25) is 15.4 Å². The summed E-state index contributed by atoms with van der Waals surface area (Å²) < 4.78 is 5.47. The third kappa shape index (κ3) is 3.19. The number of hydrogen-bond donors (Lipinski definition) is 4. The number of nitrogens with two attached hydrogens (primary N) is 1. The van der Waals surface area contributed by atoms with E-state index in [-0.39, 0.29) is 24.7 Å². The molecular weight excluding hydrogens is 314 g/mol. The molecular formula is C16H25N3O5. The molecule has 4 atom stereocenters. The highest BCUT2D eigenvalue weighted by Crippen LogP contribution is 2.30. The Morgan fingerprint density at radius 1 is 1.42 bits per heavy atom. The molecule has 2 fully saturated rings. The number of carbonyl (C=O) groups excluding carboxylic acids is 2. The van der Waals surface area contributed by atoms with Crippen molar-refractivity contribution in [2.24, 2.45) is 11.7 Å². The minimum atomic E-state index is -1.50. The van der Waals surface area contributed by atoms with Crippen molar-refractivity contribution in [3.8, 4) is 0 Å². The van der Waals surface area contributed by atoms with Gasteiger partial charge in [-0.15, -0.1) is 0 Å². The van der Waals surface area contributed by atoms with Crippen LogP contribution in [0.25, 0.3) is 0 Å². The van der Waals surface area contributed by atoms with Crippen molar-refractivity contribution >= 4 is 11.8 Å². The fourth-order valence-electron chi connectivity index (χ4n) is 3.67. The van der Waals surface area contributed by atoms with Crippen molar-refractivity contribution in [1.82, 2.24) is 10.2 Å². The molecule has 0 spiro atoms. The molecule has 5 N–H and O–H groups in total. The molecule has 134 valence electrons. The van der Waals surface area contributed by atoms with Crippen LogP contribution in [0.3, 0.4) is 0 Å². The van der Waals surface area contributed by atoms with Gasteiger partial charge in [0.1, 0.15) is 12.3 Å². The molecule has 0 radical (unpaired) electrons. The highest BCUT2D eigenvalue weighted by atomic mass is 16.5. The summed E-state index contributed by atoms with van der Waals surface area (Å²) in [6.07, 6.45) is 5.62. The third-order valence-corrected chi connectivity index (χ3v) is 5.12. The first-order valence-corrected chi connectivity index (χ1v) is 8.52. The summed E-state index contributed by atoms with van der Waals surface area (Å²) in [5.74, 6) is -0.282. The number of nitrogens with one attached hydrogen (secondary N) is 1. The maximum atomic E-state index is 12.7. The van der Waals surface area contributed by atoms with E-state index in [2.05, 4.69) is 5.32 Å². The number of hydrogen-bond acceptors (Lipinski definition) is 6. The highest BCUT2D eigenvalue weighted by molar-refractivity contribution is 5.96. The lowest BCUT2D eigenvalue weighted by molar-refractivity contribution is -0.128. The molecule has 3 aliphatic rings. The van der Waals surface area contributed by atoms with Gasteiger partial charge in [0.05, 0.1) is 12.7 Å². The van der Waals surface area contributed by atoms with Crippen molar-refractivity contribution in [2.75, 3.05) is 6.61 Å². The van der Waals surface area contributed by atoms with E-state index in [4.69, 9.17) is 15.6 Å². The number of aliphatic hydroxyl groups is 2. The molecule has 3 rings (SSSR count). The van der Waals surface area contributed by atoms with Crippen LogP contribution in [0.2, 0.25) is 0 Å². The largest absolute Gasteiger partial charge is 0.394 e. The first-order chi connectivity index (χ1) is 11.4. The van der Waals surface area contributed by atoms with Gasteiger partial charge in [-0.2, -0.15) is 0 Å². The van der Waals surface area contributed by atoms with Crippen LogP contribution in [-0.2, 0) is 9.53 Å². The van der Waals surface area contributed by atoms with Crippen molar-refractivity contribution < 1.29 is 24.5 Å². The summed E-state index contributed by atoms with van der Waals surface area (Å²) >= 11 is 0. The van der Waals surface area contributed by atoms with Gasteiger partial charge >= 0.3 is 6.03 Å². The van der Waals surface area contributed by atoms with Gasteiger partial charge in [-0.1, -0.05) is 19.3 Å². The number of rotatable bonds is 4. The molecule has 1 unspecified atom stereocenters. The number of aliphatic hydroxyl groups excluding tert-OH is 2. The summed E-state index contributed by atoms with van der Waals surface area (Å²) in [6.45, 7) is -0.322. The number of urea groups is 1. The predicted molar refractivity (Wildman–Crippen MR) is 84.4 cm³/mol. The number of ether oxygens (including phenoxy) is 1. The maximum absolute atomic E-state index is 12.7. The lowest BCUT2D eigenvalue weighted by Crippen LogP contribution is -2.66. The Morgan fingerprint density at radius 2 is 2.12 bits per heavy atom. The number of amides is 2. The highest BCUT2D eigenvalue weighted by Gasteiger charge is 2.45. The predicted octanol–water partition coefficient (Wildman–Crippen LogP) is -0.202. The summed E-state index contributed by atoms with van der Waals surface area (Å²) in [5, 5.41) is 21.5. The number of Topliss-reactive ketones (excluding diaryl/α,β-unsaturated/α-hetero) is 1. The zero-order valence-corrected chi connectivity index (χ0v) is 13.6. The fraction of sp³-hybridized carbons (Fsp3) is 0.750. The van der Waals surface area contributed by atoms with E-state index in [1.54, 1.807) is 0 Å². The normalized spacial score (nSPS) is 37.5. The smallest absolute Gasteiger partial charge is 0.325 e. The number of nitrogens with zero attached hydrogens (tertiary/aromatic N) is 1. The molecule has 1 saturated heterocycles. The lowest BCUT2D eigenvalue weighted by Gasteiger charge is -2.38. The second kappa shape index (κ2) is 6.79. The van der Waals surface area contributed by atoms with Crippen LogP contribution in [0, 0.1) is 5.92 Å². The van der Waals surface area contributed by atoms with Gasteiger partial charge in [0.2, 0.25) is 0 Å². The summed E-state index contributed by atoms with van der Waals surface area (Å²) in [4.78, 5) is 26.3. The quantitative estimate of drug-likeness (QED) is 0.562. The van der Waals surface area contributed by atoms with Crippen LogP contribution < -0.4 is 11.1 Å². The monoisotopic (exact) mass is 339 g/mol. The Morgan fingerprint density at radius 3 is 2.71 bits per heavy atom. The summed E-state index contributed by atoms with van der Waals surface area (Å²) in [6, 6.07) is -0.542. The summed E-state index contributed by atoms with van der Waals surface area (Å²) in [7, 11) is 0. The van der Waals surface area contributed by atoms with Gasteiger partial charge in [0.15, 0.2) is 11.4 Å². The van der Waals surface area contributed by atoms with Crippen LogP contribution in [-0.4, -0.2) is 57.6 Å². The van der Waals surface area contributed by atoms with Gasteiger partial charge < -0.3 is 20.3 Å². The minimum absolute atomic E-state index is 0.122. The first-order valence-electron chi connectivity index (χ1n) is 8.52. The topological polar surface area (TPSA) is 125 Å². The Balaban J connectivity index is 1.70. The molecule has 1 aliphatic carbocycles. The Kier molecular flexibility index (Phi) is 4.91. The molecule has 8 nitrogen and oxygen atoms in total. The molecule has 2 heterocycles. The lowest BCUT2D eigenvalue weighted by atomic mass is 9.81. The number of carbonyl (C=O) groups is 2. The van der Waals surface area contributed by atoms with E-state index < -0.39 is 30.1 Å². The molecule has 24 heavy (non-hydrogen) atoms. The minimum Gasteiger partial charge on any atom is -0.394 e. The Hall–Kier alpha value is -1.48. The van der Waals surface area contributed by atoms with Gasteiger partial charge in [-0.25, -0.2) is 4.79 Å². The second-order valence-corrected chi connectivity index (χ2v) is 6.84. The maximum Gasteiger partial charge on any atom is 0.325 e. The standard InChI is InChI=1S/C16H25N3O5/c17-16(14(22)10-4-2-1-3-5-10)6-7-19(15(23)18-16)13-8-11(21)12(9-20)24-13/h6-7,10-13,20-21H,1-5,8-9,17H2,(H,18,23)/t11-,12+,13+,16?/m0/s1. The third-order valence-electron chi connectivity index (χ3n) is 5.12. The molecule has 2 aliphatic heterocycles. The van der Waals surface area contributed by atoms with Gasteiger partial charge in [-0.05, 0) is 18.9 Å². The van der Waals surface area contributed by atoms with Crippen molar-refractivity contribution in [1.29, 1.82) is 0 Å². The SMILES string of the molecule is NC1(C(=O)C2CCCCC2)C=CN([C@H]2C[C@H](O)[C@@H](CO)O2)C(=O)N1. The summed E-state index contributed by atoms with van der Waals surface area (Å²) in [5.41, 5.74) is 4.64. The van der Waals surface area contributed by atoms with E-state index in [0.29, 0.717) is 0 Å². The molecule has 0 aromatic carbocycles. The second-order valence-electron chi connectivity index (χ2n) is 6.84. The molecule has 0 aromatic heterocycles. The van der Waals surface area contributed by atoms with Crippen LogP contribution in [0.1, 0.15) is 38.5 Å². The zero-order chi connectivity index (χ0) is 17.3. The van der Waals surface area contributed by atoms with E-state index in [1.807, 2.05) is 0 Å². The molecule has 2 amide bonds. The van der Waals surface area contributed by atoms with E-state index in [0.717, 1.165) is 32.1 Å². The molecule has 1 saturated carbocycles. The first kappa shape index (κ1) is 17.3. The van der Waals surface area contributed by atoms with Crippen molar-refractivity contribution in [3.05, 3.63) is 12.3 Å². The average Bonchev–Trinajstić information content (AvgIpc) is 2.95. The fourth-order valence-corrected chi connectivity index (χ4v) is 3.67. The van der Waals surface area contributed by atoms with Gasteiger partial charge in [0, 0.05) is 18.5 Å². The van der Waals surface area contributed by atoms with Crippen LogP contribution in [0.5, 0.6) is 0 Å². The van der Waals surface area contributed by atoms with E-state index in [1.165, 1.54) is 17.2 Å². The molecule has 0 aromatic rings. The Labute approximate surface area is 140 Å². The van der Waals surface area contributed by atoms with Crippen LogP contribution in [0.4, 0.5) is 4.79 Å². The number of ketones is 1. The van der Waals surface area contributed by atoms with Crippen molar-refractivity contribution in [2.45, 2.75) is 62.6 Å². The molecule has 0 bridgehead atoms.